The zero-order chi connectivity index (χ0) is 39.1. The minimum atomic E-state index is -1.04. The first-order valence-electron chi connectivity index (χ1n) is 18.4. The molecule has 0 saturated carbocycles. The van der Waals surface area contributed by atoms with Crippen LogP contribution in [0, 0.1) is 41.1 Å². The van der Waals surface area contributed by atoms with Gasteiger partial charge in [-0.05, 0) is 89.2 Å². The highest BCUT2D eigenvalue weighted by Crippen LogP contribution is 2.43. The Morgan fingerprint density at radius 3 is 2.49 bits per heavy atom. The number of aromatic nitrogens is 2. The van der Waals surface area contributed by atoms with Gasteiger partial charge in [-0.3, -0.25) is 4.90 Å². The fraction of sp³-hybridized carbons (Fsp3) is 0.463. The normalized spacial score (nSPS) is 18.3. The molecule has 1 aromatic heterocycles. The van der Waals surface area contributed by atoms with Gasteiger partial charge >= 0.3 is 12.1 Å². The van der Waals surface area contributed by atoms with E-state index in [1.54, 1.807) is 31.7 Å². The van der Waals surface area contributed by atoms with E-state index in [1.165, 1.54) is 30.2 Å². The molecule has 3 aliphatic heterocycles. The maximum absolute atomic E-state index is 17.3. The highest BCUT2D eigenvalue weighted by Gasteiger charge is 2.45. The molecule has 1 atom stereocenters. The number of hydrogen-bond donors (Lipinski definition) is 0. The van der Waals surface area contributed by atoms with E-state index in [0.29, 0.717) is 5.39 Å². The van der Waals surface area contributed by atoms with Crippen LogP contribution in [-0.4, -0.2) is 96.3 Å². The van der Waals surface area contributed by atoms with Gasteiger partial charge < -0.3 is 28.7 Å². The van der Waals surface area contributed by atoms with E-state index in [2.05, 4.69) is 21.9 Å². The standard InChI is InChI=1S/C41H43F3N6O5/c1-6-28-31(42)10-9-25-19-27(54-24-52-5)20-29(33(25)28)34-32(43)21-30-36(35(34)44)46-38(53-23-41-12-7-15-49(41)16-8-13-41)47-37(30)48-17-18-50(26(22-48)11-14-45)39(51)55-40(2,3)4/h1,9-10,19-21,26H,7-8,11-13,15-18,22-24H2,2-5H3/t26-/m0/s1. The summed E-state index contributed by atoms with van der Waals surface area (Å²) in [7, 11) is 1.43. The van der Waals surface area contributed by atoms with Crippen LogP contribution in [0.2, 0.25) is 0 Å². The quantitative estimate of drug-likeness (QED) is 0.129. The molecule has 4 aromatic rings. The van der Waals surface area contributed by atoms with E-state index in [1.807, 2.05) is 0 Å². The lowest BCUT2D eigenvalue weighted by molar-refractivity contribution is 0.0145. The average Bonchev–Trinajstić information content (AvgIpc) is 3.73. The number of benzene rings is 3. The predicted octanol–water partition coefficient (Wildman–Crippen LogP) is 7.18. The monoisotopic (exact) mass is 756 g/mol. The molecule has 3 aliphatic rings. The van der Waals surface area contributed by atoms with E-state index in [4.69, 9.17) is 30.4 Å². The number of halogens is 3. The summed E-state index contributed by atoms with van der Waals surface area (Å²) in [6.07, 6.45) is 9.14. The van der Waals surface area contributed by atoms with Crippen LogP contribution in [0.15, 0.2) is 30.3 Å². The lowest BCUT2D eigenvalue weighted by Crippen LogP contribution is -2.56. The number of hydrogen-bond acceptors (Lipinski definition) is 10. The minimum absolute atomic E-state index is 0.0179. The third-order valence-corrected chi connectivity index (χ3v) is 10.7. The summed E-state index contributed by atoms with van der Waals surface area (Å²) in [5, 5.41) is 10.3. The maximum Gasteiger partial charge on any atom is 0.410 e. The Hall–Kier alpha value is -5.31. The molecule has 3 fully saturated rings. The number of ether oxygens (including phenoxy) is 4. The van der Waals surface area contributed by atoms with Gasteiger partial charge in [0, 0.05) is 43.1 Å². The van der Waals surface area contributed by atoms with E-state index in [9.17, 15) is 10.1 Å². The van der Waals surface area contributed by atoms with Gasteiger partial charge in [-0.1, -0.05) is 12.0 Å². The van der Waals surface area contributed by atoms with E-state index in [-0.39, 0.29) is 90.0 Å². The number of carbonyl (C=O) groups excluding carboxylic acids is 1. The maximum atomic E-state index is 17.3. The SMILES string of the molecule is C#Cc1c(F)ccc2cc(OCOC)cc(-c3c(F)cc4c(N5CCN(C(=O)OC(C)(C)C)[C@@H](CC#N)C5)nc(OCC56CCCN5CCC6)nc4c3F)c12. The third-order valence-electron chi connectivity index (χ3n) is 10.7. The molecule has 0 bridgehead atoms. The zero-order valence-electron chi connectivity index (χ0n) is 31.4. The fourth-order valence-electron chi connectivity index (χ4n) is 8.22. The molecule has 11 nitrogen and oxygen atoms in total. The molecule has 0 N–H and O–H groups in total. The van der Waals surface area contributed by atoms with Crippen LogP contribution in [0.5, 0.6) is 11.8 Å². The number of amides is 1. The van der Waals surface area contributed by atoms with Crippen LogP contribution in [0.25, 0.3) is 32.8 Å². The first kappa shape index (κ1) is 38.0. The van der Waals surface area contributed by atoms with Crippen molar-refractivity contribution in [2.24, 2.45) is 0 Å². The summed E-state index contributed by atoms with van der Waals surface area (Å²) in [4.78, 5) is 28.2. The molecule has 3 saturated heterocycles. The second-order valence-corrected chi connectivity index (χ2v) is 15.3. The van der Waals surface area contributed by atoms with Crippen molar-refractivity contribution in [1.29, 1.82) is 5.26 Å². The van der Waals surface area contributed by atoms with Crippen molar-refractivity contribution in [2.45, 2.75) is 70.1 Å². The second-order valence-electron chi connectivity index (χ2n) is 15.3. The van der Waals surface area contributed by atoms with Gasteiger partial charge in [-0.25, -0.2) is 18.0 Å². The number of piperazine rings is 1. The van der Waals surface area contributed by atoms with Gasteiger partial charge in [0.15, 0.2) is 12.6 Å². The Bertz CT molecular complexity index is 2220. The van der Waals surface area contributed by atoms with E-state index in [0.717, 1.165) is 44.8 Å². The van der Waals surface area contributed by atoms with Crippen molar-refractivity contribution in [3.8, 4) is 41.3 Å². The van der Waals surface area contributed by atoms with Gasteiger partial charge in [0.1, 0.15) is 40.9 Å². The molecule has 4 heterocycles. The number of rotatable bonds is 9. The highest BCUT2D eigenvalue weighted by molar-refractivity contribution is 6.04. The number of nitrogens with zero attached hydrogens (tertiary/aromatic N) is 6. The Morgan fingerprint density at radius 2 is 1.80 bits per heavy atom. The molecular formula is C41H43F3N6O5. The zero-order valence-corrected chi connectivity index (χ0v) is 31.4. The third kappa shape index (κ3) is 7.29. The molecule has 288 valence electrons. The van der Waals surface area contributed by atoms with Gasteiger partial charge in [-0.2, -0.15) is 15.2 Å². The highest BCUT2D eigenvalue weighted by atomic mass is 19.1. The van der Waals surface area contributed by atoms with E-state index >= 15 is 13.2 Å². The van der Waals surface area contributed by atoms with Crippen LogP contribution in [-0.2, 0) is 9.47 Å². The van der Waals surface area contributed by atoms with Crippen LogP contribution < -0.4 is 14.4 Å². The number of nitriles is 1. The van der Waals surface area contributed by atoms with Crippen LogP contribution in [0.4, 0.5) is 23.8 Å². The molecule has 0 aliphatic carbocycles. The van der Waals surface area contributed by atoms with Crippen molar-refractivity contribution in [3.63, 3.8) is 0 Å². The second kappa shape index (κ2) is 15.1. The first-order chi connectivity index (χ1) is 26.4. The van der Waals surface area contributed by atoms with Gasteiger partial charge in [-0.15, -0.1) is 6.42 Å². The Morgan fingerprint density at radius 1 is 1.04 bits per heavy atom. The first-order valence-corrected chi connectivity index (χ1v) is 18.4. The lowest BCUT2D eigenvalue weighted by Gasteiger charge is -2.41. The van der Waals surface area contributed by atoms with Crippen molar-refractivity contribution >= 4 is 33.6 Å². The summed E-state index contributed by atoms with van der Waals surface area (Å²) in [6.45, 7) is 7.84. The molecule has 14 heteroatoms. The average molecular weight is 757 g/mol. The lowest BCUT2D eigenvalue weighted by atomic mass is 9.92. The smallest absolute Gasteiger partial charge is 0.410 e. The summed E-state index contributed by atoms with van der Waals surface area (Å²) in [5.41, 5.74) is -1.87. The van der Waals surface area contributed by atoms with Crippen LogP contribution in [0.3, 0.4) is 0 Å². The number of fused-ring (bicyclic) bond motifs is 3. The molecule has 3 aromatic carbocycles. The molecule has 1 amide bonds. The molecule has 0 radical (unpaired) electrons. The molecule has 0 spiro atoms. The topological polar surface area (TPSA) is 113 Å². The largest absolute Gasteiger partial charge is 0.468 e. The molecule has 7 rings (SSSR count). The number of methoxy groups -OCH3 is 1. The van der Waals surface area contributed by atoms with Crippen molar-refractivity contribution < 1.29 is 36.9 Å². The molecular weight excluding hydrogens is 713 g/mol. The Balaban J connectivity index is 1.38. The number of terminal acetylenes is 1. The Labute approximate surface area is 317 Å². The van der Waals surface area contributed by atoms with Crippen LogP contribution >= 0.6 is 0 Å². The summed E-state index contributed by atoms with van der Waals surface area (Å²) >= 11 is 0. The molecule has 55 heavy (non-hydrogen) atoms. The summed E-state index contributed by atoms with van der Waals surface area (Å²) < 4.78 is 71.9. The predicted molar refractivity (Wildman–Crippen MR) is 200 cm³/mol. The van der Waals surface area contributed by atoms with Crippen molar-refractivity contribution in [3.05, 3.63) is 53.3 Å². The van der Waals surface area contributed by atoms with E-state index < -0.39 is 40.8 Å². The van der Waals surface area contributed by atoms with Crippen molar-refractivity contribution in [1.82, 2.24) is 19.8 Å². The summed E-state index contributed by atoms with van der Waals surface area (Å²) in [5.74, 6) is -0.00147. The summed E-state index contributed by atoms with van der Waals surface area (Å²) in [6, 6.07) is 8.21. The number of carbonyl (C=O) groups is 1. The fourth-order valence-corrected chi connectivity index (χ4v) is 8.22. The van der Waals surface area contributed by atoms with Gasteiger partial charge in [0.25, 0.3) is 0 Å². The molecule has 0 unspecified atom stereocenters. The van der Waals surface area contributed by atoms with Gasteiger partial charge in [0.05, 0.1) is 35.2 Å². The minimum Gasteiger partial charge on any atom is -0.468 e. The van der Waals surface area contributed by atoms with Gasteiger partial charge in [0.2, 0.25) is 0 Å². The Kier molecular flexibility index (Phi) is 10.4. The number of anilines is 1. The van der Waals surface area contributed by atoms with Crippen molar-refractivity contribution in [2.75, 3.05) is 58.1 Å². The van der Waals surface area contributed by atoms with Crippen LogP contribution in [0.1, 0.15) is 58.4 Å².